The molecule has 0 spiro atoms. The van der Waals surface area contributed by atoms with Gasteiger partial charge in [0, 0.05) is 37.2 Å². The number of carbonyl (C=O) groups is 2. The number of aryl methyl sites for hydroxylation is 6. The van der Waals surface area contributed by atoms with Crippen LogP contribution in [0.25, 0.3) is 0 Å². The van der Waals surface area contributed by atoms with Crippen LogP contribution in [0.3, 0.4) is 0 Å². The van der Waals surface area contributed by atoms with Gasteiger partial charge < -0.3 is 20.1 Å². The fourth-order valence-electron chi connectivity index (χ4n) is 12.2. The minimum atomic E-state index is -4.07. The van der Waals surface area contributed by atoms with Crippen molar-refractivity contribution >= 4 is 37.5 Å². The van der Waals surface area contributed by atoms with Crippen LogP contribution in [-0.4, -0.2) is 65.3 Å². The summed E-state index contributed by atoms with van der Waals surface area (Å²) in [7, 11) is -5.01. The zero-order chi connectivity index (χ0) is 62.2. The molecule has 2 atom stereocenters. The normalized spacial score (nSPS) is 14.5. The van der Waals surface area contributed by atoms with Crippen LogP contribution >= 0.6 is 0 Å². The van der Waals surface area contributed by atoms with E-state index in [0.717, 1.165) is 116 Å². The average Bonchev–Trinajstić information content (AvgIpc) is 1.69. The Labute approximate surface area is 529 Å². The van der Waals surface area contributed by atoms with Crippen LogP contribution in [0.5, 0.6) is 11.5 Å². The number of sulfonamides is 2. The van der Waals surface area contributed by atoms with Crippen molar-refractivity contribution in [3.05, 3.63) is 255 Å². The molecule has 0 fully saturated rings. The fraction of sp³-hybridized carbons (Fsp3) is 0.333. The van der Waals surface area contributed by atoms with Crippen molar-refractivity contribution in [2.24, 2.45) is 0 Å². The number of methoxy groups -OCH3 is 2. The van der Waals surface area contributed by atoms with Crippen LogP contribution in [0.4, 0.5) is 5.69 Å². The first-order valence-electron chi connectivity index (χ1n) is 30.8. The average molecular weight is 1240 g/mol. The Morgan fingerprint density at radius 3 is 1.28 bits per heavy atom. The van der Waals surface area contributed by atoms with Crippen LogP contribution in [-0.2, 0) is 68.3 Å². The molecule has 2 amide bonds. The molecule has 0 bridgehead atoms. The number of hydrogen-bond acceptors (Lipinski definition) is 8. The van der Waals surface area contributed by atoms with Gasteiger partial charge in [0.05, 0.1) is 29.7 Å². The van der Waals surface area contributed by atoms with Crippen molar-refractivity contribution in [3.63, 3.8) is 0 Å². The van der Waals surface area contributed by atoms with E-state index in [2.05, 4.69) is 59.2 Å². The fourth-order valence-corrected chi connectivity index (χ4v) is 15.6. The van der Waals surface area contributed by atoms with Crippen molar-refractivity contribution in [1.82, 2.24) is 14.9 Å². The molecular formula is C75H88N4O8S2. The molecule has 8 aromatic rings. The first-order valence-corrected chi connectivity index (χ1v) is 33.7. The van der Waals surface area contributed by atoms with E-state index in [4.69, 9.17) is 9.47 Å². The number of amides is 2. The third-order valence-corrected chi connectivity index (χ3v) is 21.0. The molecule has 2 aliphatic rings. The summed E-state index contributed by atoms with van der Waals surface area (Å²) in [5.41, 5.74) is 11.5. The maximum absolute atomic E-state index is 14.3. The highest BCUT2D eigenvalue weighted by atomic mass is 32.2. The number of fused-ring (bicyclic) bond motifs is 2. The molecule has 0 aliphatic carbocycles. The summed E-state index contributed by atoms with van der Waals surface area (Å²) < 4.78 is 70.6. The number of nitrogens with zero attached hydrogens (tertiary/aromatic N) is 2. The molecule has 14 heteroatoms. The third kappa shape index (κ3) is 16.8. The van der Waals surface area contributed by atoms with Gasteiger partial charge in [0.2, 0.25) is 21.8 Å². The molecule has 2 aliphatic heterocycles. The van der Waals surface area contributed by atoms with Crippen molar-refractivity contribution in [2.45, 2.75) is 159 Å². The molecule has 2 N–H and O–H groups in total. The molecule has 10 rings (SSSR count). The monoisotopic (exact) mass is 1240 g/mol. The quantitative estimate of drug-likeness (QED) is 0.0544. The molecule has 0 aromatic heterocycles. The topological polar surface area (TPSA) is 151 Å². The van der Waals surface area contributed by atoms with E-state index in [0.29, 0.717) is 23.6 Å². The number of benzene rings is 8. The molecular weight excluding hydrogens is 1150 g/mol. The van der Waals surface area contributed by atoms with Gasteiger partial charge in [-0.1, -0.05) is 171 Å². The third-order valence-electron chi connectivity index (χ3n) is 17.4. The first-order chi connectivity index (χ1) is 42.5. The molecule has 89 heavy (non-hydrogen) atoms. The largest absolute Gasteiger partial charge is 0.496 e. The lowest BCUT2D eigenvalue weighted by Gasteiger charge is -2.29. The van der Waals surface area contributed by atoms with E-state index in [-0.39, 0.29) is 47.7 Å². The summed E-state index contributed by atoms with van der Waals surface area (Å²) in [6.45, 7) is 7.69. The highest BCUT2D eigenvalue weighted by molar-refractivity contribution is 7.93. The van der Waals surface area contributed by atoms with Gasteiger partial charge in [-0.3, -0.25) is 13.9 Å². The van der Waals surface area contributed by atoms with Gasteiger partial charge in [0.1, 0.15) is 23.6 Å². The van der Waals surface area contributed by atoms with E-state index >= 15 is 0 Å². The molecule has 2 heterocycles. The molecule has 0 radical (unpaired) electrons. The maximum atomic E-state index is 14.3. The van der Waals surface area contributed by atoms with Gasteiger partial charge in [-0.15, -0.1) is 0 Å². The van der Waals surface area contributed by atoms with Gasteiger partial charge in [-0.05, 0) is 184 Å². The summed E-state index contributed by atoms with van der Waals surface area (Å²) >= 11 is 0. The van der Waals surface area contributed by atoms with Gasteiger partial charge in [-0.2, -0.15) is 4.31 Å². The SMILES string of the molecule is C.COc1cc(S(=O)(=O)N2Cc3ccccc3[C@H]2C(=O)NC(CCCc2ccccc2)CCCc2ccccc2)cc(C)c1C.COc1cc(S(=O)(=O)N2c3ccccc3C[C@H]2C(=O)NC(CCCc2ccccc2)CCCc2ccccc2)cc(C)c1C. The lowest BCUT2D eigenvalue weighted by Crippen LogP contribution is -2.50. The van der Waals surface area contributed by atoms with E-state index < -0.39 is 32.1 Å². The number of hydrogen-bond donors (Lipinski definition) is 2. The van der Waals surface area contributed by atoms with Crippen LogP contribution in [0, 0.1) is 27.7 Å². The number of para-hydroxylation sites is 1. The van der Waals surface area contributed by atoms with E-state index in [1.165, 1.54) is 45.1 Å². The van der Waals surface area contributed by atoms with E-state index in [1.54, 1.807) is 30.3 Å². The Hall–Kier alpha value is -8.04. The van der Waals surface area contributed by atoms with Gasteiger partial charge in [0.15, 0.2) is 0 Å². The summed E-state index contributed by atoms with van der Waals surface area (Å²) in [6, 6.07) is 60.9. The second-order valence-corrected chi connectivity index (χ2v) is 27.1. The van der Waals surface area contributed by atoms with Crippen molar-refractivity contribution < 1.29 is 35.9 Å². The lowest BCUT2D eigenvalue weighted by atomic mass is 9.98. The Bertz CT molecular complexity index is 3760. The molecule has 8 aromatic carbocycles. The Kier molecular flexibility index (Phi) is 23.6. The molecule has 0 saturated carbocycles. The van der Waals surface area contributed by atoms with Gasteiger partial charge in [-0.25, -0.2) is 16.8 Å². The van der Waals surface area contributed by atoms with Crippen molar-refractivity contribution in [1.29, 1.82) is 0 Å². The molecule has 12 nitrogen and oxygen atoms in total. The number of anilines is 1. The Balaban J connectivity index is 0.000000228. The van der Waals surface area contributed by atoms with E-state index in [9.17, 15) is 26.4 Å². The second kappa shape index (κ2) is 31.4. The maximum Gasteiger partial charge on any atom is 0.265 e. The number of ether oxygens (including phenoxy) is 2. The molecule has 468 valence electrons. The predicted molar refractivity (Wildman–Crippen MR) is 359 cm³/mol. The smallest absolute Gasteiger partial charge is 0.265 e. The summed E-state index contributed by atoms with van der Waals surface area (Å²) in [4.78, 5) is 28.5. The number of carbonyl (C=O) groups excluding carboxylic acids is 2. The van der Waals surface area contributed by atoms with Gasteiger partial charge in [0.25, 0.3) is 10.0 Å². The van der Waals surface area contributed by atoms with E-state index in [1.807, 2.05) is 143 Å². The molecule has 0 saturated heterocycles. The van der Waals surface area contributed by atoms with Crippen LogP contribution in [0.15, 0.2) is 204 Å². The second-order valence-electron chi connectivity index (χ2n) is 23.4. The van der Waals surface area contributed by atoms with Crippen LogP contribution in [0.1, 0.15) is 126 Å². The minimum absolute atomic E-state index is 0. The first kappa shape index (κ1) is 66.9. The lowest BCUT2D eigenvalue weighted by molar-refractivity contribution is -0.125. The summed E-state index contributed by atoms with van der Waals surface area (Å²) in [6.07, 6.45) is 11.0. The highest BCUT2D eigenvalue weighted by Gasteiger charge is 2.45. The van der Waals surface area contributed by atoms with Crippen LogP contribution in [0.2, 0.25) is 0 Å². The zero-order valence-corrected chi connectivity index (χ0v) is 53.3. The van der Waals surface area contributed by atoms with Crippen LogP contribution < -0.4 is 24.4 Å². The number of rotatable bonds is 26. The summed E-state index contributed by atoms with van der Waals surface area (Å²) in [5.74, 6) is 0.482. The highest BCUT2D eigenvalue weighted by Crippen LogP contribution is 2.41. The van der Waals surface area contributed by atoms with Gasteiger partial charge >= 0.3 is 0 Å². The molecule has 0 unspecified atom stereocenters. The number of nitrogens with one attached hydrogen (secondary N) is 2. The zero-order valence-electron chi connectivity index (χ0n) is 51.7. The van der Waals surface area contributed by atoms with Crippen molar-refractivity contribution in [3.8, 4) is 11.5 Å². The standard InChI is InChI=1S/2C37H42N2O4S.CH4/c1-27-24-33(25-35(43-3)28(27)2)44(41,42)39-26-31-20-10-11-23-34(31)36(39)37(40)38-32(21-12-18-29-14-6-4-7-15-29)22-13-19-30-16-8-5-9-17-30;1-27-24-33(26-36(43-3)28(27)2)44(41,42)39-34-23-11-10-20-31(34)25-35(39)37(40)38-32(21-12-18-29-14-6-4-7-15-29)22-13-19-30-16-8-5-9-17-30;/h4-11,14-17,20,23-25,32,36H,12-13,18-19,21-22,26H2,1-3H3,(H,38,40);4-11,14-17,20,23-24,26,32,35H,12-13,18-19,21-22,25H2,1-3H3,(H,38,40);1H4/t36-;35-;/m00./s1. The predicted octanol–water partition coefficient (Wildman–Crippen LogP) is 14.7. The minimum Gasteiger partial charge on any atom is -0.496 e. The summed E-state index contributed by atoms with van der Waals surface area (Å²) in [5, 5.41) is 6.59. The Morgan fingerprint density at radius 1 is 0.483 bits per heavy atom. The van der Waals surface area contributed by atoms with Crippen molar-refractivity contribution in [2.75, 3.05) is 18.5 Å². The Morgan fingerprint density at radius 2 is 0.854 bits per heavy atom.